The summed E-state index contributed by atoms with van der Waals surface area (Å²) in [6, 6.07) is 7.85. The van der Waals surface area contributed by atoms with E-state index in [9.17, 15) is 0 Å². The molecule has 118 valence electrons. The van der Waals surface area contributed by atoms with E-state index in [0.29, 0.717) is 6.61 Å². The van der Waals surface area contributed by atoms with Crippen LogP contribution in [0.25, 0.3) is 0 Å². The maximum Gasteiger partial charge on any atom is 0.191 e. The molecule has 1 aromatic rings. The second kappa shape index (κ2) is 11.7. The molecule has 0 atom stereocenters. The molecule has 0 aliphatic heterocycles. The summed E-state index contributed by atoms with van der Waals surface area (Å²) in [5.41, 5.74) is 0. The number of unbranched alkanes of at least 4 members (excludes halogenated alkanes) is 1. The van der Waals surface area contributed by atoms with Gasteiger partial charge in [-0.3, -0.25) is 4.99 Å². The largest absolute Gasteiger partial charge is 0.492 e. The Balaban J connectivity index is 2.12. The first-order chi connectivity index (χ1) is 10.3. The van der Waals surface area contributed by atoms with E-state index in [2.05, 4.69) is 37.8 Å². The highest BCUT2D eigenvalue weighted by molar-refractivity contribution is 9.10. The number of halogens is 1. The Kier molecular flexibility index (Phi) is 10.2. The van der Waals surface area contributed by atoms with Gasteiger partial charge in [0.15, 0.2) is 5.96 Å². The maximum absolute atomic E-state index is 5.66. The number of thioether (sulfide) groups is 1. The molecule has 0 aliphatic rings. The number of hydrogen-bond acceptors (Lipinski definition) is 3. The van der Waals surface area contributed by atoms with Crippen LogP contribution in [0.15, 0.2) is 33.7 Å². The van der Waals surface area contributed by atoms with Crippen LogP contribution in [0.2, 0.25) is 0 Å². The average molecular weight is 374 g/mol. The van der Waals surface area contributed by atoms with Crippen molar-refractivity contribution in [3.05, 3.63) is 28.7 Å². The second-order valence-electron chi connectivity index (χ2n) is 4.43. The number of aliphatic imine (C=N–C) groups is 1. The normalized spacial score (nSPS) is 11.3. The van der Waals surface area contributed by atoms with E-state index < -0.39 is 0 Å². The minimum absolute atomic E-state index is 0.601. The summed E-state index contributed by atoms with van der Waals surface area (Å²) in [7, 11) is 1.78. The van der Waals surface area contributed by atoms with E-state index in [1.54, 1.807) is 7.05 Å². The molecule has 6 heteroatoms. The molecule has 0 spiro atoms. The van der Waals surface area contributed by atoms with E-state index in [0.717, 1.165) is 35.7 Å². The van der Waals surface area contributed by atoms with Crippen molar-refractivity contribution in [1.82, 2.24) is 10.6 Å². The van der Waals surface area contributed by atoms with Gasteiger partial charge in [0.2, 0.25) is 0 Å². The molecule has 1 aromatic carbocycles. The summed E-state index contributed by atoms with van der Waals surface area (Å²) in [6.07, 6.45) is 4.53. The van der Waals surface area contributed by atoms with Crippen molar-refractivity contribution in [2.24, 2.45) is 4.99 Å². The van der Waals surface area contributed by atoms with Gasteiger partial charge in [-0.25, -0.2) is 0 Å². The van der Waals surface area contributed by atoms with Gasteiger partial charge >= 0.3 is 0 Å². The van der Waals surface area contributed by atoms with Crippen LogP contribution in [0.5, 0.6) is 5.75 Å². The van der Waals surface area contributed by atoms with Crippen molar-refractivity contribution in [2.45, 2.75) is 12.8 Å². The van der Waals surface area contributed by atoms with Crippen molar-refractivity contribution in [1.29, 1.82) is 0 Å². The van der Waals surface area contributed by atoms with Gasteiger partial charge in [0.25, 0.3) is 0 Å². The van der Waals surface area contributed by atoms with E-state index >= 15 is 0 Å². The van der Waals surface area contributed by atoms with Gasteiger partial charge in [-0.2, -0.15) is 11.8 Å². The molecule has 0 heterocycles. The minimum atomic E-state index is 0.601. The van der Waals surface area contributed by atoms with Crippen LogP contribution < -0.4 is 15.4 Å². The van der Waals surface area contributed by atoms with Gasteiger partial charge in [-0.15, -0.1) is 0 Å². The Morgan fingerprint density at radius 3 is 2.81 bits per heavy atom. The van der Waals surface area contributed by atoms with Crippen LogP contribution in [-0.2, 0) is 0 Å². The van der Waals surface area contributed by atoms with Gasteiger partial charge in [0.1, 0.15) is 12.4 Å². The molecule has 0 fully saturated rings. The molecule has 0 amide bonds. The van der Waals surface area contributed by atoms with Crippen molar-refractivity contribution in [3.8, 4) is 5.75 Å². The molecule has 4 nitrogen and oxygen atoms in total. The van der Waals surface area contributed by atoms with Crippen molar-refractivity contribution >= 4 is 33.7 Å². The summed E-state index contributed by atoms with van der Waals surface area (Å²) >= 11 is 5.31. The van der Waals surface area contributed by atoms with E-state index in [1.165, 1.54) is 12.2 Å². The highest BCUT2D eigenvalue weighted by Gasteiger charge is 1.98. The summed E-state index contributed by atoms with van der Waals surface area (Å²) in [5, 5.41) is 6.54. The van der Waals surface area contributed by atoms with Gasteiger partial charge < -0.3 is 15.4 Å². The third-order valence-corrected chi connectivity index (χ3v) is 3.94. The molecule has 0 unspecified atom stereocenters. The van der Waals surface area contributed by atoms with Gasteiger partial charge in [-0.1, -0.05) is 22.0 Å². The molecule has 1 rings (SSSR count). The van der Waals surface area contributed by atoms with Gasteiger partial charge in [-0.05, 0) is 43.0 Å². The quantitative estimate of drug-likeness (QED) is 0.396. The Morgan fingerprint density at radius 2 is 2.10 bits per heavy atom. The molecule has 2 N–H and O–H groups in total. The fraction of sp³-hybridized carbons (Fsp3) is 0.533. The lowest BCUT2D eigenvalue weighted by molar-refractivity contribution is 0.321. The summed E-state index contributed by atoms with van der Waals surface area (Å²) < 4.78 is 6.69. The molecule has 0 saturated heterocycles. The van der Waals surface area contributed by atoms with E-state index in [4.69, 9.17) is 4.74 Å². The van der Waals surface area contributed by atoms with Crippen LogP contribution in [0.1, 0.15) is 12.8 Å². The van der Waals surface area contributed by atoms with Crippen molar-refractivity contribution in [2.75, 3.05) is 38.8 Å². The number of nitrogens with one attached hydrogen (secondary N) is 2. The van der Waals surface area contributed by atoms with Gasteiger partial charge in [0.05, 0.1) is 6.54 Å². The third kappa shape index (κ3) is 8.88. The third-order valence-electron chi connectivity index (χ3n) is 2.75. The summed E-state index contributed by atoms with van der Waals surface area (Å²) in [6.45, 7) is 2.27. The SMILES string of the molecule is CN=C(NCCCCSC)NCCOc1cccc(Br)c1. The lowest BCUT2D eigenvalue weighted by Gasteiger charge is -2.12. The predicted molar refractivity (Wildman–Crippen MR) is 96.6 cm³/mol. The average Bonchev–Trinajstić information content (AvgIpc) is 2.49. The van der Waals surface area contributed by atoms with Crippen LogP contribution in [0.3, 0.4) is 0 Å². The van der Waals surface area contributed by atoms with Crippen LogP contribution in [0.4, 0.5) is 0 Å². The van der Waals surface area contributed by atoms with Crippen molar-refractivity contribution in [3.63, 3.8) is 0 Å². The Hall–Kier alpha value is -0.880. The molecule has 0 bridgehead atoms. The first kappa shape index (κ1) is 18.2. The summed E-state index contributed by atoms with van der Waals surface area (Å²) in [4.78, 5) is 4.19. The van der Waals surface area contributed by atoms with Gasteiger partial charge in [0, 0.05) is 18.1 Å². The molecule has 0 aromatic heterocycles. The Labute approximate surface area is 140 Å². The number of hydrogen-bond donors (Lipinski definition) is 2. The first-order valence-electron chi connectivity index (χ1n) is 7.08. The number of guanidine groups is 1. The second-order valence-corrected chi connectivity index (χ2v) is 6.33. The Bertz CT molecular complexity index is 429. The van der Waals surface area contributed by atoms with Crippen LogP contribution in [0, 0.1) is 0 Å². The number of benzene rings is 1. The van der Waals surface area contributed by atoms with E-state index in [1.807, 2.05) is 36.0 Å². The fourth-order valence-electron chi connectivity index (χ4n) is 1.69. The smallest absolute Gasteiger partial charge is 0.191 e. The maximum atomic E-state index is 5.66. The molecule has 0 saturated carbocycles. The van der Waals surface area contributed by atoms with Crippen molar-refractivity contribution < 1.29 is 4.74 Å². The molecule has 0 aliphatic carbocycles. The topological polar surface area (TPSA) is 45.7 Å². The zero-order valence-corrected chi connectivity index (χ0v) is 15.1. The molecular formula is C15H24BrN3OS. The standard InChI is InChI=1S/C15H24BrN3OS/c1-17-15(18-8-3-4-11-21-2)19-9-10-20-14-7-5-6-13(16)12-14/h5-7,12H,3-4,8-11H2,1-2H3,(H2,17,18,19). The first-order valence-corrected chi connectivity index (χ1v) is 9.26. The highest BCUT2D eigenvalue weighted by atomic mass is 79.9. The predicted octanol–water partition coefficient (Wildman–Crippen LogP) is 3.14. The monoisotopic (exact) mass is 373 g/mol. The lowest BCUT2D eigenvalue weighted by Crippen LogP contribution is -2.39. The number of ether oxygens (including phenoxy) is 1. The zero-order chi connectivity index (χ0) is 15.3. The fourth-order valence-corrected chi connectivity index (χ4v) is 2.56. The molecule has 21 heavy (non-hydrogen) atoms. The molecule has 0 radical (unpaired) electrons. The highest BCUT2D eigenvalue weighted by Crippen LogP contribution is 2.17. The Morgan fingerprint density at radius 1 is 1.29 bits per heavy atom. The van der Waals surface area contributed by atoms with E-state index in [-0.39, 0.29) is 0 Å². The lowest BCUT2D eigenvalue weighted by atomic mass is 10.3. The van der Waals surface area contributed by atoms with Crippen LogP contribution >= 0.6 is 27.7 Å². The number of nitrogens with zero attached hydrogens (tertiary/aromatic N) is 1. The van der Waals surface area contributed by atoms with Crippen LogP contribution in [-0.4, -0.2) is 44.7 Å². The molecular weight excluding hydrogens is 350 g/mol. The summed E-state index contributed by atoms with van der Waals surface area (Å²) in [5.74, 6) is 2.91. The minimum Gasteiger partial charge on any atom is -0.492 e. The zero-order valence-electron chi connectivity index (χ0n) is 12.7. The number of rotatable bonds is 9.